The first kappa shape index (κ1) is 16.4. The minimum atomic E-state index is -2.45. The van der Waals surface area contributed by atoms with E-state index in [-0.39, 0.29) is 0 Å². The summed E-state index contributed by atoms with van der Waals surface area (Å²) in [5.41, 5.74) is 0. The van der Waals surface area contributed by atoms with Crippen molar-refractivity contribution in [2.24, 2.45) is 0 Å². The Labute approximate surface area is 117 Å². The molecule has 1 heterocycles. The molecule has 0 radical (unpaired) electrons. The molecule has 9 heteroatoms. The summed E-state index contributed by atoms with van der Waals surface area (Å²) in [4.78, 5) is 0. The third-order valence-electron chi connectivity index (χ3n) is 1.65. The van der Waals surface area contributed by atoms with Crippen molar-refractivity contribution in [2.75, 3.05) is 6.16 Å². The number of unbranched alkanes of at least 4 members (excludes halogenated alkanes) is 1. The summed E-state index contributed by atoms with van der Waals surface area (Å²) in [7, 11) is 13.9. The molecule has 13 heavy (non-hydrogen) atoms. The summed E-state index contributed by atoms with van der Waals surface area (Å²) in [6.45, 7) is 3.39. The second-order valence-electron chi connectivity index (χ2n) is 2.92. The van der Waals surface area contributed by atoms with Crippen molar-refractivity contribution in [1.29, 1.82) is 0 Å². The van der Waals surface area contributed by atoms with Crippen LogP contribution in [0.25, 0.3) is 0 Å². The number of hydrogen-bond donors (Lipinski definition) is 0. The molecule has 0 saturated carbocycles. The van der Waals surface area contributed by atoms with E-state index in [0.29, 0.717) is 51.0 Å². The molecule has 1 unspecified atom stereocenters. The molecule has 1 fully saturated rings. The van der Waals surface area contributed by atoms with Crippen LogP contribution in [0.1, 0.15) is 19.8 Å². The Morgan fingerprint density at radius 2 is 1.77 bits per heavy atom. The van der Waals surface area contributed by atoms with E-state index in [4.69, 9.17) is 18.6 Å². The van der Waals surface area contributed by atoms with Gasteiger partial charge in [-0.05, 0) is 0 Å². The zero-order chi connectivity index (χ0) is 9.81. The molecule has 0 aromatic rings. The first-order valence-electron chi connectivity index (χ1n) is 4.19. The summed E-state index contributed by atoms with van der Waals surface area (Å²) in [5.74, 6) is 0. The fraction of sp³-hybridized carbons (Fsp3) is 1.00. The van der Waals surface area contributed by atoms with Crippen molar-refractivity contribution in [1.82, 2.24) is 0 Å². The molecule has 0 nitrogen and oxygen atoms in total. The van der Waals surface area contributed by atoms with E-state index in [0.717, 1.165) is 19.3 Å². The van der Waals surface area contributed by atoms with Gasteiger partial charge >= 0.3 is 121 Å². The molecule has 0 bridgehead atoms. The summed E-state index contributed by atoms with van der Waals surface area (Å²) < 4.78 is 0. The van der Waals surface area contributed by atoms with Gasteiger partial charge in [0.1, 0.15) is 0 Å². The third kappa shape index (κ3) is 6.86. The Kier molecular flexibility index (Phi) is 9.79. The van der Waals surface area contributed by atoms with Crippen LogP contribution in [-0.2, 0) is 70.0 Å². The molecular formula is C4H10Cl2PTi6. The van der Waals surface area contributed by atoms with Crippen LogP contribution in [-0.4, -0.2) is 6.16 Å². The van der Waals surface area contributed by atoms with Gasteiger partial charge in [-0.1, -0.05) is 0 Å². The van der Waals surface area contributed by atoms with Crippen molar-refractivity contribution in [2.45, 2.75) is 19.8 Å². The fourth-order valence-electron chi connectivity index (χ4n) is 0.918. The van der Waals surface area contributed by atoms with Gasteiger partial charge in [0.25, 0.3) is 0 Å². The monoisotopic (exact) mass is 447 g/mol. The maximum atomic E-state index is 6.93. The number of hydrogen-bond acceptors (Lipinski definition) is 0. The Balaban J connectivity index is 2.40. The van der Waals surface area contributed by atoms with Crippen LogP contribution in [0, 0.1) is 0 Å². The van der Waals surface area contributed by atoms with Gasteiger partial charge in [-0.2, -0.15) is 0 Å². The second kappa shape index (κ2) is 7.78. The van der Waals surface area contributed by atoms with Crippen molar-refractivity contribution in [3.05, 3.63) is 0 Å². The van der Waals surface area contributed by atoms with Crippen LogP contribution in [0.5, 0.6) is 0 Å². The van der Waals surface area contributed by atoms with E-state index >= 15 is 0 Å². The van der Waals surface area contributed by atoms with Gasteiger partial charge in [-0.15, -0.1) is 0 Å². The van der Waals surface area contributed by atoms with Gasteiger partial charge in [0, 0.05) is 0 Å². The molecule has 1 aliphatic heterocycles. The fourth-order valence-corrected chi connectivity index (χ4v) is 390. The molecule has 0 aliphatic carbocycles. The number of rotatable bonds is 4. The molecule has 0 spiro atoms. The minimum absolute atomic E-state index is 0.330. The van der Waals surface area contributed by atoms with Crippen molar-refractivity contribution < 1.29 is 70.0 Å². The molecule has 1 rings (SSSR count). The molecular weight excluding hydrogens is 437 g/mol. The number of halogens is 2. The molecule has 69 valence electrons. The second-order valence-corrected chi connectivity index (χ2v) is 98.0. The van der Waals surface area contributed by atoms with Crippen LogP contribution in [0.4, 0.5) is 0 Å². The van der Waals surface area contributed by atoms with E-state index in [1.54, 1.807) is 0 Å². The Morgan fingerprint density at radius 3 is 2.31 bits per heavy atom. The zero-order valence-corrected chi connectivity index (χ0v) is 19.3. The standard InChI is InChI=1S/C4H10P.2ClH.6Ti/c1-2-3-4-5;;;;;;;;/h5H,2-4H2,1H3;2*1H;;;;;;/q-1;;;;;;;;+3/p-2. The van der Waals surface area contributed by atoms with Gasteiger partial charge < -0.3 is 0 Å². The van der Waals surface area contributed by atoms with Gasteiger partial charge in [0.05, 0.1) is 0 Å². The van der Waals surface area contributed by atoms with Crippen molar-refractivity contribution in [3.63, 3.8) is 0 Å². The molecule has 1 aliphatic rings. The normalized spacial score (nSPS) is 26.8. The molecule has 0 aromatic carbocycles. The Bertz CT molecular complexity index is 168. The van der Waals surface area contributed by atoms with Crippen LogP contribution >= 0.6 is 25.2 Å². The molecule has 0 aromatic heterocycles. The van der Waals surface area contributed by atoms with Gasteiger partial charge in [0.2, 0.25) is 0 Å². The molecule has 0 amide bonds. The Hall–Kier alpha value is 5.30. The maximum absolute atomic E-state index is 6.93. The quantitative estimate of drug-likeness (QED) is 0.353. The summed E-state index contributed by atoms with van der Waals surface area (Å²) in [5, 5.41) is 0. The van der Waals surface area contributed by atoms with Crippen LogP contribution in [0.15, 0.2) is 0 Å². The third-order valence-corrected chi connectivity index (χ3v) is 191. The van der Waals surface area contributed by atoms with E-state index in [2.05, 4.69) is 6.92 Å². The average molecular weight is 447 g/mol. The van der Waals surface area contributed by atoms with E-state index < -0.39 is 6.26 Å². The van der Waals surface area contributed by atoms with Gasteiger partial charge in [-0.25, -0.2) is 0 Å². The SMILES string of the molecule is CCCC[PH][Ti]1([Cl])([Cl])[Ti][Ti][Ti][Ti][Ti]1. The predicted octanol–water partition coefficient (Wildman–Crippen LogP) is 3.29. The summed E-state index contributed by atoms with van der Waals surface area (Å²) in [6.07, 6.45) is 1.69. The van der Waals surface area contributed by atoms with Crippen LogP contribution in [0.2, 0.25) is 0 Å². The molecule has 1 atom stereocenters. The van der Waals surface area contributed by atoms with Crippen LogP contribution < -0.4 is 0 Å². The van der Waals surface area contributed by atoms with Crippen LogP contribution in [0.3, 0.4) is 0 Å². The van der Waals surface area contributed by atoms with Crippen molar-refractivity contribution in [3.8, 4) is 0 Å². The van der Waals surface area contributed by atoms with E-state index in [9.17, 15) is 0 Å². The zero-order valence-electron chi connectivity index (χ0n) is 7.38. The molecule has 1 saturated heterocycles. The van der Waals surface area contributed by atoms with E-state index in [1.807, 2.05) is 0 Å². The van der Waals surface area contributed by atoms with Gasteiger partial charge in [0.15, 0.2) is 0 Å². The summed E-state index contributed by atoms with van der Waals surface area (Å²) >= 11 is 2.58. The predicted molar refractivity (Wildman–Crippen MR) is 39.8 cm³/mol. The molecule has 0 N–H and O–H groups in total. The van der Waals surface area contributed by atoms with Gasteiger partial charge in [-0.3, -0.25) is 0 Å². The first-order chi connectivity index (χ1) is 6.05. The first-order valence-corrected chi connectivity index (χ1v) is 36.0. The summed E-state index contributed by atoms with van der Waals surface area (Å²) in [6, 6.07) is 0. The van der Waals surface area contributed by atoms with Crippen molar-refractivity contribution >= 4 is 25.2 Å². The topological polar surface area (TPSA) is 0 Å². The average Bonchev–Trinajstić information content (AvgIpc) is 2.04. The Morgan fingerprint density at radius 1 is 1.15 bits per heavy atom. The van der Waals surface area contributed by atoms with E-state index in [1.165, 1.54) is 19.0 Å².